The highest BCUT2D eigenvalue weighted by atomic mass is 32.2. The van der Waals surface area contributed by atoms with Gasteiger partial charge in [-0.05, 0) is 51.0 Å². The van der Waals surface area contributed by atoms with Crippen LogP contribution in [0.4, 0.5) is 5.13 Å². The number of nitrogens with one attached hydrogen (secondary N) is 1. The largest absolute Gasteiger partial charge is 0.494 e. The first kappa shape index (κ1) is 19.2. The molecular weight excluding hydrogens is 364 g/mol. The number of aromatic nitrogens is 1. The van der Waals surface area contributed by atoms with Crippen LogP contribution in [0.3, 0.4) is 0 Å². The van der Waals surface area contributed by atoms with E-state index < -0.39 is 0 Å². The van der Waals surface area contributed by atoms with Gasteiger partial charge in [-0.3, -0.25) is 4.79 Å². The molecule has 3 rings (SSSR count). The predicted molar refractivity (Wildman–Crippen MR) is 111 cm³/mol. The Bertz CT molecular complexity index is 709. The second kappa shape index (κ2) is 9.42. The average molecular weight is 391 g/mol. The van der Waals surface area contributed by atoms with E-state index in [-0.39, 0.29) is 11.2 Å². The average Bonchev–Trinajstić information content (AvgIpc) is 3.12. The van der Waals surface area contributed by atoms with Gasteiger partial charge in [-0.25, -0.2) is 4.98 Å². The van der Waals surface area contributed by atoms with E-state index in [1.807, 2.05) is 55.3 Å². The number of amides is 1. The van der Waals surface area contributed by atoms with Crippen molar-refractivity contribution in [1.29, 1.82) is 0 Å². The Labute approximate surface area is 163 Å². The van der Waals surface area contributed by atoms with Crippen LogP contribution >= 0.6 is 23.1 Å². The second-order valence-corrected chi connectivity index (χ2v) is 9.03. The van der Waals surface area contributed by atoms with Gasteiger partial charge in [-0.2, -0.15) is 0 Å². The van der Waals surface area contributed by atoms with Gasteiger partial charge in [0.15, 0.2) is 5.13 Å². The van der Waals surface area contributed by atoms with Gasteiger partial charge in [0.25, 0.3) is 0 Å². The molecular formula is C20H26N2O2S2. The van der Waals surface area contributed by atoms with Crippen molar-refractivity contribution >= 4 is 34.1 Å². The molecule has 1 aliphatic rings. The van der Waals surface area contributed by atoms with Crippen molar-refractivity contribution < 1.29 is 9.53 Å². The smallest absolute Gasteiger partial charge is 0.238 e. The van der Waals surface area contributed by atoms with Crippen LogP contribution in [-0.4, -0.2) is 28.0 Å². The number of ether oxygens (including phenoxy) is 1. The lowest BCUT2D eigenvalue weighted by atomic mass is 10.0. The molecule has 1 aromatic heterocycles. The molecule has 0 spiro atoms. The highest BCUT2D eigenvalue weighted by molar-refractivity contribution is 8.01. The van der Waals surface area contributed by atoms with Crippen LogP contribution in [0.2, 0.25) is 0 Å². The summed E-state index contributed by atoms with van der Waals surface area (Å²) in [5.74, 6) is 0.904. The quantitative estimate of drug-likeness (QED) is 0.668. The number of nitrogens with zero attached hydrogens (tertiary/aromatic N) is 1. The molecule has 6 heteroatoms. The first-order valence-corrected chi connectivity index (χ1v) is 11.1. The predicted octanol–water partition coefficient (Wildman–Crippen LogP) is 5.60. The third kappa shape index (κ3) is 5.24. The zero-order valence-corrected chi connectivity index (χ0v) is 17.0. The molecule has 0 radical (unpaired) electrons. The molecule has 0 bridgehead atoms. The van der Waals surface area contributed by atoms with Crippen molar-refractivity contribution in [1.82, 2.24) is 4.98 Å². The summed E-state index contributed by atoms with van der Waals surface area (Å²) in [6, 6.07) is 7.87. The topological polar surface area (TPSA) is 51.2 Å². The van der Waals surface area contributed by atoms with Crippen molar-refractivity contribution in [2.45, 2.75) is 56.5 Å². The Kier molecular flexibility index (Phi) is 6.97. The van der Waals surface area contributed by atoms with E-state index in [0.717, 1.165) is 17.0 Å². The van der Waals surface area contributed by atoms with Crippen LogP contribution in [0.25, 0.3) is 11.3 Å². The van der Waals surface area contributed by atoms with E-state index in [0.29, 0.717) is 17.0 Å². The summed E-state index contributed by atoms with van der Waals surface area (Å²) in [7, 11) is 0. The van der Waals surface area contributed by atoms with Crippen LogP contribution in [0.15, 0.2) is 29.6 Å². The van der Waals surface area contributed by atoms with Gasteiger partial charge in [0, 0.05) is 16.2 Å². The number of thioether (sulfide) groups is 1. The molecule has 1 heterocycles. The molecule has 0 aliphatic heterocycles. The van der Waals surface area contributed by atoms with Crippen molar-refractivity contribution in [2.75, 3.05) is 11.9 Å². The van der Waals surface area contributed by atoms with E-state index in [1.54, 1.807) is 0 Å². The monoisotopic (exact) mass is 390 g/mol. The lowest BCUT2D eigenvalue weighted by molar-refractivity contribution is -0.115. The first-order chi connectivity index (χ1) is 12.7. The number of hydrogen-bond acceptors (Lipinski definition) is 5. The zero-order valence-electron chi connectivity index (χ0n) is 15.4. The van der Waals surface area contributed by atoms with Crippen molar-refractivity contribution in [3.63, 3.8) is 0 Å². The highest BCUT2D eigenvalue weighted by Gasteiger charge is 2.22. The zero-order chi connectivity index (χ0) is 18.4. The number of anilines is 1. The summed E-state index contributed by atoms with van der Waals surface area (Å²) >= 11 is 3.28. The van der Waals surface area contributed by atoms with Crippen molar-refractivity contribution in [3.8, 4) is 17.0 Å². The molecule has 1 saturated carbocycles. The Morgan fingerprint density at radius 1 is 1.31 bits per heavy atom. The lowest BCUT2D eigenvalue weighted by Crippen LogP contribution is -2.25. The van der Waals surface area contributed by atoms with Gasteiger partial charge < -0.3 is 10.1 Å². The fourth-order valence-corrected chi connectivity index (χ4v) is 5.20. The standard InChI is InChI=1S/C20H26N2O2S2/c1-3-24-16-11-9-15(10-12-16)18-13-25-20(21-18)22-19(23)14(2)26-17-7-5-4-6-8-17/h9-14,17H,3-8H2,1-2H3,(H,21,22,23). The van der Waals surface area contributed by atoms with Crippen LogP contribution < -0.4 is 10.1 Å². The molecule has 2 aromatic rings. The molecule has 1 atom stereocenters. The first-order valence-electron chi connectivity index (χ1n) is 9.31. The van der Waals surface area contributed by atoms with E-state index in [4.69, 9.17) is 4.74 Å². The van der Waals surface area contributed by atoms with E-state index in [9.17, 15) is 4.79 Å². The molecule has 1 unspecified atom stereocenters. The van der Waals surface area contributed by atoms with Crippen molar-refractivity contribution in [3.05, 3.63) is 29.6 Å². The van der Waals surface area contributed by atoms with Gasteiger partial charge in [0.2, 0.25) is 5.91 Å². The fourth-order valence-electron chi connectivity index (χ4n) is 3.11. The van der Waals surface area contributed by atoms with Gasteiger partial charge in [-0.1, -0.05) is 19.3 Å². The Hall–Kier alpha value is -1.53. The summed E-state index contributed by atoms with van der Waals surface area (Å²) in [5.41, 5.74) is 1.90. The summed E-state index contributed by atoms with van der Waals surface area (Å²) in [4.78, 5) is 17.0. The van der Waals surface area contributed by atoms with Gasteiger partial charge in [0.05, 0.1) is 17.6 Å². The number of thiazole rings is 1. The third-order valence-corrected chi connectivity index (χ3v) is 6.75. The highest BCUT2D eigenvalue weighted by Crippen LogP contribution is 2.32. The normalized spacial score (nSPS) is 16.2. The van der Waals surface area contributed by atoms with Crippen LogP contribution in [0.5, 0.6) is 5.75 Å². The minimum Gasteiger partial charge on any atom is -0.494 e. The maximum atomic E-state index is 12.5. The summed E-state index contributed by atoms with van der Waals surface area (Å²) in [5, 5.41) is 6.19. The van der Waals surface area contributed by atoms with Gasteiger partial charge in [0.1, 0.15) is 5.75 Å². The molecule has 1 aromatic carbocycles. The second-order valence-electron chi connectivity index (χ2n) is 6.52. The fraction of sp³-hybridized carbons (Fsp3) is 0.500. The minimum absolute atomic E-state index is 0.0454. The Balaban J connectivity index is 1.56. The SMILES string of the molecule is CCOc1ccc(-c2csc(NC(=O)C(C)SC3CCCCC3)n2)cc1. The summed E-state index contributed by atoms with van der Waals surface area (Å²) < 4.78 is 5.47. The molecule has 1 fully saturated rings. The molecule has 26 heavy (non-hydrogen) atoms. The molecule has 1 aliphatic carbocycles. The van der Waals surface area contributed by atoms with Gasteiger partial charge in [-0.15, -0.1) is 23.1 Å². The van der Waals surface area contributed by atoms with Crippen molar-refractivity contribution in [2.24, 2.45) is 0 Å². The molecule has 1 N–H and O–H groups in total. The van der Waals surface area contributed by atoms with Crippen LogP contribution in [0, 0.1) is 0 Å². The van der Waals surface area contributed by atoms with E-state index >= 15 is 0 Å². The Morgan fingerprint density at radius 2 is 2.04 bits per heavy atom. The number of hydrogen-bond donors (Lipinski definition) is 1. The van der Waals surface area contributed by atoms with Gasteiger partial charge >= 0.3 is 0 Å². The number of carbonyl (C=O) groups excluding carboxylic acids is 1. The molecule has 1 amide bonds. The number of benzene rings is 1. The molecule has 4 nitrogen and oxygen atoms in total. The van der Waals surface area contributed by atoms with E-state index in [2.05, 4.69) is 10.3 Å². The van der Waals surface area contributed by atoms with E-state index in [1.165, 1.54) is 43.4 Å². The maximum Gasteiger partial charge on any atom is 0.238 e. The van der Waals surface area contributed by atoms with Crippen LogP contribution in [0.1, 0.15) is 46.0 Å². The minimum atomic E-state index is -0.0454. The maximum absolute atomic E-state index is 12.5. The lowest BCUT2D eigenvalue weighted by Gasteiger charge is -2.23. The third-order valence-electron chi connectivity index (χ3n) is 4.51. The number of rotatable bonds is 7. The summed E-state index contributed by atoms with van der Waals surface area (Å²) in [6.07, 6.45) is 6.40. The molecule has 0 saturated heterocycles. The van der Waals surface area contributed by atoms with Crippen LogP contribution in [-0.2, 0) is 4.79 Å². The summed E-state index contributed by atoms with van der Waals surface area (Å²) in [6.45, 7) is 4.62. The number of carbonyl (C=O) groups is 1. The Morgan fingerprint density at radius 3 is 2.73 bits per heavy atom. The molecule has 140 valence electrons.